The van der Waals surface area contributed by atoms with Gasteiger partial charge in [-0.2, -0.15) is 0 Å². The average molecular weight is 330 g/mol. The SMILES string of the molecule is CCCCCC[As](/C=C\C(C)(C)O)CCCCCC. The van der Waals surface area contributed by atoms with Crippen molar-refractivity contribution in [2.75, 3.05) is 0 Å². The van der Waals surface area contributed by atoms with E-state index in [1.54, 1.807) is 0 Å². The molecule has 1 N–H and O–H groups in total. The average Bonchev–Trinajstić information content (AvgIpc) is 2.34. The van der Waals surface area contributed by atoms with Crippen molar-refractivity contribution in [3.05, 3.63) is 10.9 Å². The van der Waals surface area contributed by atoms with Gasteiger partial charge in [-0.3, -0.25) is 0 Å². The fourth-order valence-corrected chi connectivity index (χ4v) is 6.98. The fourth-order valence-electron chi connectivity index (χ4n) is 2.03. The topological polar surface area (TPSA) is 20.2 Å². The molecular formula is C17H35AsO. The molecule has 0 amide bonds. The minimum absolute atomic E-state index is 0.625. The summed E-state index contributed by atoms with van der Waals surface area (Å²) < 4.78 is 0. The Morgan fingerprint density at radius 2 is 1.32 bits per heavy atom. The molecular weight excluding hydrogens is 295 g/mol. The van der Waals surface area contributed by atoms with Gasteiger partial charge >= 0.3 is 126 Å². The second kappa shape index (κ2) is 12.0. The summed E-state index contributed by atoms with van der Waals surface area (Å²) in [6.45, 7) is 8.30. The van der Waals surface area contributed by atoms with Crippen LogP contribution in [0.5, 0.6) is 0 Å². The van der Waals surface area contributed by atoms with Crippen molar-refractivity contribution in [1.82, 2.24) is 0 Å². The molecule has 0 aromatic carbocycles. The summed E-state index contributed by atoms with van der Waals surface area (Å²) in [6.07, 6.45) is 13.1. The first-order valence-corrected chi connectivity index (χ1v) is 11.9. The molecule has 0 aliphatic rings. The molecule has 0 saturated heterocycles. The number of rotatable bonds is 12. The van der Waals surface area contributed by atoms with Crippen LogP contribution in [-0.2, 0) is 0 Å². The number of hydrogen-bond donors (Lipinski definition) is 1. The van der Waals surface area contributed by atoms with Crippen molar-refractivity contribution in [2.24, 2.45) is 0 Å². The molecule has 0 heterocycles. The Hall–Kier alpha value is 0.258. The summed E-state index contributed by atoms with van der Waals surface area (Å²) >= 11 is -0.831. The Morgan fingerprint density at radius 3 is 1.68 bits per heavy atom. The molecule has 0 bridgehead atoms. The Balaban J connectivity index is 4.03. The van der Waals surface area contributed by atoms with Gasteiger partial charge in [-0.1, -0.05) is 0 Å². The van der Waals surface area contributed by atoms with Crippen molar-refractivity contribution < 1.29 is 5.11 Å². The van der Waals surface area contributed by atoms with Crippen LogP contribution in [-0.4, -0.2) is 25.4 Å². The van der Waals surface area contributed by atoms with Gasteiger partial charge in [0.05, 0.1) is 0 Å². The molecule has 0 rings (SSSR count). The molecule has 0 aromatic rings. The van der Waals surface area contributed by atoms with Crippen molar-refractivity contribution >= 4 is 14.7 Å². The Bertz CT molecular complexity index is 206. The van der Waals surface area contributed by atoms with E-state index in [-0.39, 0.29) is 0 Å². The van der Waals surface area contributed by atoms with Crippen LogP contribution < -0.4 is 0 Å². The summed E-state index contributed by atoms with van der Waals surface area (Å²) in [6, 6.07) is 0. The molecule has 0 atom stereocenters. The molecule has 0 aliphatic heterocycles. The molecule has 1 nitrogen and oxygen atoms in total. The summed E-state index contributed by atoms with van der Waals surface area (Å²) in [7, 11) is 0. The summed E-state index contributed by atoms with van der Waals surface area (Å²) in [5.74, 6) is 0. The van der Waals surface area contributed by atoms with Gasteiger partial charge in [-0.15, -0.1) is 0 Å². The van der Waals surface area contributed by atoms with Crippen LogP contribution >= 0.6 is 0 Å². The van der Waals surface area contributed by atoms with Crippen LogP contribution in [0.1, 0.15) is 79.1 Å². The molecule has 0 unspecified atom stereocenters. The van der Waals surface area contributed by atoms with Crippen LogP contribution in [0.15, 0.2) is 10.9 Å². The van der Waals surface area contributed by atoms with E-state index in [0.29, 0.717) is 0 Å². The predicted octanol–water partition coefficient (Wildman–Crippen LogP) is 5.51. The predicted molar refractivity (Wildman–Crippen MR) is 89.1 cm³/mol. The maximum atomic E-state index is 9.82. The van der Waals surface area contributed by atoms with Crippen molar-refractivity contribution in [3.63, 3.8) is 0 Å². The van der Waals surface area contributed by atoms with Crippen molar-refractivity contribution in [3.8, 4) is 0 Å². The van der Waals surface area contributed by atoms with Gasteiger partial charge in [-0.05, 0) is 0 Å². The second-order valence-corrected chi connectivity index (χ2v) is 11.1. The van der Waals surface area contributed by atoms with Gasteiger partial charge in [-0.25, -0.2) is 0 Å². The first-order chi connectivity index (χ1) is 8.99. The summed E-state index contributed by atoms with van der Waals surface area (Å²) in [5.41, 5.74) is -0.625. The third-order valence-electron chi connectivity index (χ3n) is 3.29. The normalized spacial score (nSPS) is 12.7. The Morgan fingerprint density at radius 1 is 0.842 bits per heavy atom. The van der Waals surface area contributed by atoms with Gasteiger partial charge in [0.25, 0.3) is 0 Å². The van der Waals surface area contributed by atoms with E-state index in [0.717, 1.165) is 0 Å². The summed E-state index contributed by atoms with van der Waals surface area (Å²) in [4.78, 5) is 2.41. The molecule has 0 fully saturated rings. The van der Waals surface area contributed by atoms with E-state index >= 15 is 0 Å². The van der Waals surface area contributed by atoms with E-state index in [1.165, 1.54) is 61.8 Å². The number of aliphatic hydroxyl groups is 1. The molecule has 0 aromatic heterocycles. The quantitative estimate of drug-likeness (QED) is 0.369. The standard InChI is InChI=1S/C17H35AsO/c1-5-7-9-11-14-18(15-12-10-8-6-2)16-13-17(3,4)19/h13,16,19H,5-12,14-15H2,1-4H3/b16-13-. The minimum atomic E-state index is -0.831. The third kappa shape index (κ3) is 14.5. The van der Waals surface area contributed by atoms with Crippen LogP contribution in [0, 0.1) is 0 Å². The van der Waals surface area contributed by atoms with E-state index < -0.39 is 20.3 Å². The zero-order valence-corrected chi connectivity index (χ0v) is 15.5. The fraction of sp³-hybridized carbons (Fsp3) is 0.882. The zero-order chi connectivity index (χ0) is 14.6. The van der Waals surface area contributed by atoms with Gasteiger partial charge < -0.3 is 0 Å². The van der Waals surface area contributed by atoms with Crippen LogP contribution in [0.25, 0.3) is 0 Å². The second-order valence-electron chi connectivity index (χ2n) is 6.13. The number of unbranched alkanes of at least 4 members (excludes halogenated alkanes) is 6. The molecule has 0 spiro atoms. The van der Waals surface area contributed by atoms with E-state index in [9.17, 15) is 5.11 Å². The van der Waals surface area contributed by atoms with E-state index in [4.69, 9.17) is 0 Å². The van der Waals surface area contributed by atoms with E-state index in [2.05, 4.69) is 18.7 Å². The van der Waals surface area contributed by atoms with Gasteiger partial charge in [0.2, 0.25) is 0 Å². The Labute approximate surface area is 126 Å². The van der Waals surface area contributed by atoms with Gasteiger partial charge in [0.1, 0.15) is 0 Å². The van der Waals surface area contributed by atoms with Gasteiger partial charge in [0.15, 0.2) is 0 Å². The molecule has 19 heavy (non-hydrogen) atoms. The van der Waals surface area contributed by atoms with Crippen LogP contribution in [0.4, 0.5) is 0 Å². The molecule has 0 aliphatic carbocycles. The monoisotopic (exact) mass is 330 g/mol. The first-order valence-electron chi connectivity index (χ1n) is 8.15. The molecule has 2 heteroatoms. The zero-order valence-electron chi connectivity index (χ0n) is 13.6. The summed E-state index contributed by atoms with van der Waals surface area (Å²) in [5, 5.41) is 12.7. The van der Waals surface area contributed by atoms with Crippen LogP contribution in [0.2, 0.25) is 10.4 Å². The number of hydrogen-bond acceptors (Lipinski definition) is 1. The van der Waals surface area contributed by atoms with Crippen LogP contribution in [0.3, 0.4) is 0 Å². The molecule has 114 valence electrons. The van der Waals surface area contributed by atoms with E-state index in [1.807, 2.05) is 19.9 Å². The Kier molecular flexibility index (Phi) is 12.2. The third-order valence-corrected chi connectivity index (χ3v) is 8.23. The maximum absolute atomic E-state index is 9.82. The van der Waals surface area contributed by atoms with Crippen molar-refractivity contribution in [2.45, 2.75) is 95.1 Å². The van der Waals surface area contributed by atoms with Gasteiger partial charge in [0, 0.05) is 0 Å². The molecule has 0 radical (unpaired) electrons. The first kappa shape index (κ1) is 19.3. The van der Waals surface area contributed by atoms with Crippen molar-refractivity contribution in [1.29, 1.82) is 0 Å². The molecule has 0 saturated carbocycles.